The number of fused-ring (bicyclic) bond motifs is 2. The van der Waals surface area contributed by atoms with Crippen LogP contribution in [0.25, 0.3) is 0 Å². The largest absolute Gasteiger partial charge is 0.461 e. The van der Waals surface area contributed by atoms with Gasteiger partial charge in [-0.05, 0) is 37.2 Å². The van der Waals surface area contributed by atoms with Gasteiger partial charge >= 0.3 is 5.97 Å². The molecule has 0 spiro atoms. The van der Waals surface area contributed by atoms with Crippen LogP contribution in [0.5, 0.6) is 0 Å². The van der Waals surface area contributed by atoms with Crippen molar-refractivity contribution in [1.82, 2.24) is 0 Å². The molecule has 1 aromatic carbocycles. The molecule has 2 fully saturated rings. The zero-order valence-electron chi connectivity index (χ0n) is 10.8. The van der Waals surface area contributed by atoms with Gasteiger partial charge in [-0.25, -0.2) is 0 Å². The van der Waals surface area contributed by atoms with E-state index in [9.17, 15) is 4.79 Å². The fourth-order valence-electron chi connectivity index (χ4n) is 3.54. The topological polar surface area (TPSA) is 50.1 Å². The maximum atomic E-state index is 12.1. The third-order valence-electron chi connectivity index (χ3n) is 4.55. The van der Waals surface area contributed by atoms with E-state index < -0.39 is 0 Å². The van der Waals surface area contributed by atoms with Crippen molar-refractivity contribution in [3.8, 4) is 6.07 Å². The molecule has 2 aliphatic carbocycles. The van der Waals surface area contributed by atoms with Gasteiger partial charge in [-0.15, -0.1) is 0 Å². The molecule has 2 bridgehead atoms. The Kier molecular flexibility index (Phi) is 3.25. The molecular weight excluding hydrogens is 238 g/mol. The van der Waals surface area contributed by atoms with E-state index in [4.69, 9.17) is 10.00 Å². The SMILES string of the molecule is N#Cc1ccccc1COC(=O)C1CC2CCC1C2. The Labute approximate surface area is 113 Å². The van der Waals surface area contributed by atoms with Crippen molar-refractivity contribution in [3.63, 3.8) is 0 Å². The van der Waals surface area contributed by atoms with E-state index in [0.717, 1.165) is 17.9 Å². The van der Waals surface area contributed by atoms with Gasteiger partial charge in [0.25, 0.3) is 0 Å². The second kappa shape index (κ2) is 5.05. The summed E-state index contributed by atoms with van der Waals surface area (Å²) in [5, 5.41) is 8.99. The first-order valence-electron chi connectivity index (χ1n) is 6.92. The van der Waals surface area contributed by atoms with Crippen LogP contribution in [-0.4, -0.2) is 5.97 Å². The van der Waals surface area contributed by atoms with Crippen molar-refractivity contribution in [2.24, 2.45) is 17.8 Å². The van der Waals surface area contributed by atoms with E-state index >= 15 is 0 Å². The molecule has 0 radical (unpaired) electrons. The molecule has 0 heterocycles. The summed E-state index contributed by atoms with van der Waals surface area (Å²) in [7, 11) is 0. The Balaban J connectivity index is 1.60. The first-order valence-corrected chi connectivity index (χ1v) is 6.92. The van der Waals surface area contributed by atoms with Crippen molar-refractivity contribution in [3.05, 3.63) is 35.4 Å². The minimum absolute atomic E-state index is 0.0695. The maximum Gasteiger partial charge on any atom is 0.309 e. The number of benzene rings is 1. The van der Waals surface area contributed by atoms with E-state index in [-0.39, 0.29) is 18.5 Å². The summed E-state index contributed by atoms with van der Waals surface area (Å²) in [5.41, 5.74) is 1.38. The summed E-state index contributed by atoms with van der Waals surface area (Å²) in [6, 6.07) is 9.40. The summed E-state index contributed by atoms with van der Waals surface area (Å²) in [6.45, 7) is 0.219. The van der Waals surface area contributed by atoms with Crippen molar-refractivity contribution >= 4 is 5.97 Å². The Hall–Kier alpha value is -1.82. The normalized spacial score (nSPS) is 28.1. The summed E-state index contributed by atoms with van der Waals surface area (Å²) in [5.74, 6) is 1.32. The van der Waals surface area contributed by atoms with Crippen molar-refractivity contribution in [2.45, 2.75) is 32.3 Å². The number of nitriles is 1. The molecular formula is C16H17NO2. The number of carbonyl (C=O) groups excluding carboxylic acids is 1. The molecule has 3 atom stereocenters. The van der Waals surface area contributed by atoms with Crippen LogP contribution in [0.3, 0.4) is 0 Å². The van der Waals surface area contributed by atoms with Crippen molar-refractivity contribution in [1.29, 1.82) is 5.26 Å². The maximum absolute atomic E-state index is 12.1. The van der Waals surface area contributed by atoms with E-state index in [1.54, 1.807) is 6.07 Å². The Morgan fingerprint density at radius 1 is 1.32 bits per heavy atom. The van der Waals surface area contributed by atoms with Crippen LogP contribution in [0.15, 0.2) is 24.3 Å². The lowest BCUT2D eigenvalue weighted by molar-refractivity contribution is -0.151. The molecule has 98 valence electrons. The number of esters is 1. The van der Waals surface area contributed by atoms with Gasteiger partial charge in [-0.2, -0.15) is 5.26 Å². The summed E-state index contributed by atoms with van der Waals surface area (Å²) in [6.07, 6.45) is 4.67. The average Bonchev–Trinajstić information content (AvgIpc) is 3.07. The van der Waals surface area contributed by atoms with E-state index in [2.05, 4.69) is 6.07 Å². The van der Waals surface area contributed by atoms with Gasteiger partial charge in [0.2, 0.25) is 0 Å². The number of rotatable bonds is 3. The van der Waals surface area contributed by atoms with Crippen LogP contribution in [-0.2, 0) is 16.1 Å². The molecule has 3 unspecified atom stereocenters. The predicted octanol–water partition coefficient (Wildman–Crippen LogP) is 3.04. The zero-order valence-corrected chi connectivity index (χ0v) is 10.8. The summed E-state index contributed by atoms with van der Waals surface area (Å²) < 4.78 is 5.42. The van der Waals surface area contributed by atoms with Crippen LogP contribution in [0.1, 0.15) is 36.8 Å². The van der Waals surface area contributed by atoms with Gasteiger partial charge in [0.05, 0.1) is 17.6 Å². The Morgan fingerprint density at radius 3 is 2.84 bits per heavy atom. The molecule has 2 aliphatic rings. The molecule has 3 nitrogen and oxygen atoms in total. The molecule has 0 amide bonds. The fourth-order valence-corrected chi connectivity index (χ4v) is 3.54. The monoisotopic (exact) mass is 255 g/mol. The molecule has 2 saturated carbocycles. The highest BCUT2D eigenvalue weighted by Crippen LogP contribution is 2.48. The molecule has 1 aromatic rings. The van der Waals surface area contributed by atoms with Crippen LogP contribution < -0.4 is 0 Å². The van der Waals surface area contributed by atoms with E-state index in [0.29, 0.717) is 11.5 Å². The molecule has 0 aliphatic heterocycles. The summed E-state index contributed by atoms with van der Waals surface area (Å²) >= 11 is 0. The standard InChI is InChI=1S/C16H17NO2/c17-9-13-3-1-2-4-14(13)10-19-16(18)15-8-11-5-6-12(15)7-11/h1-4,11-12,15H,5-8,10H2. The van der Waals surface area contributed by atoms with Gasteiger partial charge in [-0.3, -0.25) is 4.79 Å². The van der Waals surface area contributed by atoms with Crippen molar-refractivity contribution < 1.29 is 9.53 Å². The number of nitrogens with zero attached hydrogens (tertiary/aromatic N) is 1. The van der Waals surface area contributed by atoms with Gasteiger partial charge in [0.1, 0.15) is 6.61 Å². The van der Waals surface area contributed by atoms with Crippen LogP contribution in [0.2, 0.25) is 0 Å². The minimum Gasteiger partial charge on any atom is -0.461 e. The minimum atomic E-state index is -0.0695. The lowest BCUT2D eigenvalue weighted by atomic mass is 9.89. The Morgan fingerprint density at radius 2 is 2.16 bits per heavy atom. The lowest BCUT2D eigenvalue weighted by Crippen LogP contribution is -2.23. The summed E-state index contributed by atoms with van der Waals surface area (Å²) in [4.78, 5) is 12.1. The average molecular weight is 255 g/mol. The predicted molar refractivity (Wildman–Crippen MR) is 69.9 cm³/mol. The van der Waals surface area contributed by atoms with Gasteiger partial charge < -0.3 is 4.74 Å². The van der Waals surface area contributed by atoms with Gasteiger partial charge in [-0.1, -0.05) is 24.6 Å². The van der Waals surface area contributed by atoms with E-state index in [1.165, 1.54) is 19.3 Å². The third kappa shape index (κ3) is 2.35. The quantitative estimate of drug-likeness (QED) is 0.780. The fraction of sp³-hybridized carbons (Fsp3) is 0.500. The number of ether oxygens (including phenoxy) is 1. The first kappa shape index (κ1) is 12.2. The van der Waals surface area contributed by atoms with E-state index in [1.807, 2.05) is 18.2 Å². The highest BCUT2D eigenvalue weighted by atomic mass is 16.5. The highest BCUT2D eigenvalue weighted by molar-refractivity contribution is 5.73. The zero-order chi connectivity index (χ0) is 13.2. The molecule has 3 heteroatoms. The van der Waals surface area contributed by atoms with Crippen LogP contribution in [0.4, 0.5) is 0 Å². The first-order chi connectivity index (χ1) is 9.28. The smallest absolute Gasteiger partial charge is 0.309 e. The Bertz CT molecular complexity index is 532. The number of hydrogen-bond acceptors (Lipinski definition) is 3. The molecule has 0 aromatic heterocycles. The third-order valence-corrected chi connectivity index (χ3v) is 4.55. The second-order valence-corrected chi connectivity index (χ2v) is 5.66. The van der Waals surface area contributed by atoms with Crippen LogP contribution in [0, 0.1) is 29.1 Å². The van der Waals surface area contributed by atoms with Crippen molar-refractivity contribution in [2.75, 3.05) is 0 Å². The van der Waals surface area contributed by atoms with Gasteiger partial charge in [0, 0.05) is 5.56 Å². The molecule has 3 rings (SSSR count). The number of carbonyl (C=O) groups is 1. The second-order valence-electron chi connectivity index (χ2n) is 5.66. The van der Waals surface area contributed by atoms with Gasteiger partial charge in [0.15, 0.2) is 0 Å². The number of hydrogen-bond donors (Lipinski definition) is 0. The molecule has 19 heavy (non-hydrogen) atoms. The highest BCUT2D eigenvalue weighted by Gasteiger charge is 2.43. The lowest BCUT2D eigenvalue weighted by Gasteiger charge is -2.20. The molecule has 0 saturated heterocycles. The van der Waals surface area contributed by atoms with Crippen LogP contribution >= 0.6 is 0 Å². The molecule has 0 N–H and O–H groups in total.